The number of ether oxygens (including phenoxy) is 2. The molecule has 0 amide bonds. The highest BCUT2D eigenvalue weighted by Crippen LogP contribution is 2.56. The summed E-state index contributed by atoms with van der Waals surface area (Å²) in [5.41, 5.74) is 1.88. The van der Waals surface area contributed by atoms with Gasteiger partial charge in [0.15, 0.2) is 26.3 Å². The molecule has 1 heterocycles. The highest BCUT2D eigenvalue weighted by atomic mass is 28.3. The van der Waals surface area contributed by atoms with Gasteiger partial charge in [-0.2, -0.15) is 35.1 Å². The first-order chi connectivity index (χ1) is 15.2. The summed E-state index contributed by atoms with van der Waals surface area (Å²) in [6.45, 7) is 0.993. The van der Waals surface area contributed by atoms with Gasteiger partial charge in [0.25, 0.3) is 6.43 Å². The van der Waals surface area contributed by atoms with Crippen molar-refractivity contribution in [3.63, 3.8) is 0 Å². The Hall–Kier alpha value is -1.21. The standard InChI is InChI=1S/C18H21F13O2Si/c1-34(2,9-5-8-33-10-6-3-4-7-32-10)14(23)16(26,27)18(30,31)17(28,29)15(24,25)12(20)11(19)13(21)22/h10-14H,3-4,6-8H2,1-2H3. The van der Waals surface area contributed by atoms with Crippen molar-refractivity contribution in [1.29, 1.82) is 0 Å². The first kappa shape index (κ1) is 30.8. The highest BCUT2D eigenvalue weighted by Gasteiger charge is 2.85. The van der Waals surface area contributed by atoms with Gasteiger partial charge >= 0.3 is 23.7 Å². The van der Waals surface area contributed by atoms with Crippen LogP contribution in [0.1, 0.15) is 19.3 Å². The molecule has 2 nitrogen and oxygen atoms in total. The molecule has 0 aromatic heterocycles. The van der Waals surface area contributed by atoms with Crippen LogP contribution in [0.25, 0.3) is 0 Å². The second kappa shape index (κ2) is 10.8. The van der Waals surface area contributed by atoms with Gasteiger partial charge in [-0.15, -0.1) is 5.54 Å². The highest BCUT2D eigenvalue weighted by molar-refractivity contribution is 6.86. The van der Waals surface area contributed by atoms with Crippen LogP contribution in [0.5, 0.6) is 0 Å². The Balaban J connectivity index is 3.12. The van der Waals surface area contributed by atoms with E-state index in [1.807, 2.05) is 5.54 Å². The van der Waals surface area contributed by atoms with Crippen molar-refractivity contribution in [2.75, 3.05) is 13.2 Å². The molecule has 4 atom stereocenters. The molecule has 0 aromatic rings. The largest absolute Gasteiger partial charge is 0.381 e. The van der Waals surface area contributed by atoms with E-state index in [4.69, 9.17) is 9.47 Å². The fourth-order valence-corrected chi connectivity index (χ4v) is 4.58. The van der Waals surface area contributed by atoms with E-state index in [1.54, 1.807) is 0 Å². The predicted molar refractivity (Wildman–Crippen MR) is 95.3 cm³/mol. The molecule has 0 saturated carbocycles. The minimum atomic E-state index is -7.47. The van der Waals surface area contributed by atoms with Crippen molar-refractivity contribution < 1.29 is 66.5 Å². The molecule has 0 N–H and O–H groups in total. The average molecular weight is 544 g/mol. The van der Waals surface area contributed by atoms with E-state index in [0.717, 1.165) is 12.8 Å². The number of hydrogen-bond donors (Lipinski definition) is 0. The number of hydrogen-bond acceptors (Lipinski definition) is 2. The van der Waals surface area contributed by atoms with Gasteiger partial charge in [-0.05, 0) is 19.3 Å². The lowest BCUT2D eigenvalue weighted by Gasteiger charge is -2.40. The van der Waals surface area contributed by atoms with Crippen LogP contribution in [-0.4, -0.2) is 75.8 Å². The van der Waals surface area contributed by atoms with Crippen molar-refractivity contribution in [1.82, 2.24) is 0 Å². The Morgan fingerprint density at radius 3 is 1.88 bits per heavy atom. The fourth-order valence-electron chi connectivity index (χ4n) is 2.84. The molecule has 16 heteroatoms. The van der Waals surface area contributed by atoms with Gasteiger partial charge in [0.05, 0.1) is 0 Å². The molecular formula is C18H21F13O2Si. The summed E-state index contributed by atoms with van der Waals surface area (Å²) < 4.78 is 186. The zero-order valence-corrected chi connectivity index (χ0v) is 18.7. The van der Waals surface area contributed by atoms with E-state index >= 15 is 0 Å². The number of rotatable bonds is 10. The summed E-state index contributed by atoms with van der Waals surface area (Å²) in [5.74, 6) is -30.6. The summed E-state index contributed by atoms with van der Waals surface area (Å²) in [6, 6.07) is 0. The lowest BCUT2D eigenvalue weighted by atomic mass is 9.94. The van der Waals surface area contributed by atoms with Crippen molar-refractivity contribution in [3.8, 4) is 11.5 Å². The molecule has 0 aromatic carbocycles. The van der Waals surface area contributed by atoms with Gasteiger partial charge in [0.2, 0.25) is 6.17 Å². The van der Waals surface area contributed by atoms with Crippen molar-refractivity contribution in [2.45, 2.75) is 86.9 Å². The molecule has 200 valence electrons. The minimum Gasteiger partial charge on any atom is -0.353 e. The Labute approximate surface area is 187 Å². The Morgan fingerprint density at radius 2 is 1.41 bits per heavy atom. The van der Waals surface area contributed by atoms with E-state index in [2.05, 4.69) is 5.92 Å². The van der Waals surface area contributed by atoms with E-state index in [9.17, 15) is 57.1 Å². The second-order valence-electron chi connectivity index (χ2n) is 8.07. The lowest BCUT2D eigenvalue weighted by Crippen LogP contribution is -2.70. The van der Waals surface area contributed by atoms with Gasteiger partial charge in [-0.1, -0.05) is 19.0 Å². The molecule has 1 saturated heterocycles. The van der Waals surface area contributed by atoms with Crippen LogP contribution in [0.2, 0.25) is 13.1 Å². The molecule has 1 aliphatic heterocycles. The topological polar surface area (TPSA) is 18.5 Å². The van der Waals surface area contributed by atoms with E-state index in [0.29, 0.717) is 26.1 Å². The third-order valence-electron chi connectivity index (χ3n) is 4.94. The molecule has 34 heavy (non-hydrogen) atoms. The van der Waals surface area contributed by atoms with Crippen molar-refractivity contribution in [3.05, 3.63) is 0 Å². The van der Waals surface area contributed by atoms with Crippen molar-refractivity contribution >= 4 is 8.07 Å². The molecule has 1 rings (SSSR count). The summed E-state index contributed by atoms with van der Waals surface area (Å²) in [7, 11) is -4.59. The maximum atomic E-state index is 14.4. The van der Waals surface area contributed by atoms with Crippen LogP contribution >= 0.6 is 0 Å². The predicted octanol–water partition coefficient (Wildman–Crippen LogP) is 6.14. The molecule has 1 aliphatic rings. The quantitative estimate of drug-likeness (QED) is 0.187. The van der Waals surface area contributed by atoms with Gasteiger partial charge in [0.1, 0.15) is 6.61 Å². The average Bonchev–Trinajstić information content (AvgIpc) is 2.75. The lowest BCUT2D eigenvalue weighted by molar-refractivity contribution is -0.383. The summed E-state index contributed by atoms with van der Waals surface area (Å²) in [4.78, 5) is 0. The first-order valence-corrected chi connectivity index (χ1v) is 12.8. The zero-order valence-electron chi connectivity index (χ0n) is 17.7. The molecule has 0 radical (unpaired) electrons. The molecule has 1 fully saturated rings. The first-order valence-electron chi connectivity index (χ1n) is 9.70. The smallest absolute Gasteiger partial charge is 0.353 e. The maximum absolute atomic E-state index is 14.4. The number of halogens is 13. The van der Waals surface area contributed by atoms with Crippen LogP contribution in [0.4, 0.5) is 57.1 Å². The summed E-state index contributed by atoms with van der Waals surface area (Å²) in [5, 5.41) is 0. The van der Waals surface area contributed by atoms with Crippen LogP contribution < -0.4 is 0 Å². The summed E-state index contributed by atoms with van der Waals surface area (Å²) >= 11 is 0. The third kappa shape index (κ3) is 5.94. The van der Waals surface area contributed by atoms with Crippen LogP contribution in [0, 0.1) is 11.5 Å². The minimum absolute atomic E-state index is 0.352. The zero-order chi connectivity index (χ0) is 26.8. The normalized spacial score (nSPS) is 21.6. The van der Waals surface area contributed by atoms with Gasteiger partial charge < -0.3 is 9.47 Å². The van der Waals surface area contributed by atoms with Crippen LogP contribution in [0.3, 0.4) is 0 Å². The molecular weight excluding hydrogens is 523 g/mol. The fraction of sp³-hybridized carbons (Fsp3) is 0.889. The molecule has 0 bridgehead atoms. The Morgan fingerprint density at radius 1 is 0.882 bits per heavy atom. The van der Waals surface area contributed by atoms with Crippen LogP contribution in [-0.2, 0) is 9.47 Å². The molecule has 0 aliphatic carbocycles. The van der Waals surface area contributed by atoms with E-state index in [-0.39, 0.29) is 0 Å². The Bertz CT molecular complexity index is 729. The number of alkyl halides is 13. The van der Waals surface area contributed by atoms with Gasteiger partial charge in [-0.25, -0.2) is 22.0 Å². The van der Waals surface area contributed by atoms with Crippen molar-refractivity contribution in [2.24, 2.45) is 0 Å². The van der Waals surface area contributed by atoms with E-state index < -0.39 is 69.2 Å². The second-order valence-corrected chi connectivity index (χ2v) is 12.3. The van der Waals surface area contributed by atoms with Crippen LogP contribution in [0.15, 0.2) is 0 Å². The molecule has 0 spiro atoms. The van der Waals surface area contributed by atoms with Gasteiger partial charge in [-0.3, -0.25) is 0 Å². The maximum Gasteiger partial charge on any atom is 0.381 e. The summed E-state index contributed by atoms with van der Waals surface area (Å²) in [6.07, 6.45) is -13.5. The third-order valence-corrected chi connectivity index (χ3v) is 7.39. The van der Waals surface area contributed by atoms with Gasteiger partial charge in [0, 0.05) is 6.61 Å². The molecule has 4 unspecified atom stereocenters. The van der Waals surface area contributed by atoms with E-state index in [1.165, 1.54) is 0 Å². The Kier molecular flexibility index (Phi) is 9.80. The SMILES string of the molecule is C[Si](C)(C#CCOC1CCCCO1)C(F)C(F)(F)C(F)(F)C(F)(F)C(F)(F)C(F)C(F)C(F)F. The monoisotopic (exact) mass is 544 g/mol.